The van der Waals surface area contributed by atoms with Gasteiger partial charge in [0.1, 0.15) is 5.41 Å². The van der Waals surface area contributed by atoms with E-state index in [0.29, 0.717) is 13.0 Å². The van der Waals surface area contributed by atoms with Gasteiger partial charge in [0.15, 0.2) is 5.78 Å². The van der Waals surface area contributed by atoms with E-state index in [1.165, 1.54) is 0 Å². The second kappa shape index (κ2) is 4.97. The number of ketones is 1. The highest BCUT2D eigenvalue weighted by atomic mass is 16.5. The summed E-state index contributed by atoms with van der Waals surface area (Å²) in [7, 11) is 1.64. The highest BCUT2D eigenvalue weighted by Crippen LogP contribution is 2.45. The van der Waals surface area contributed by atoms with E-state index in [1.807, 2.05) is 13.8 Å². The zero-order chi connectivity index (χ0) is 12.2. The molecule has 0 heterocycles. The molecule has 1 aliphatic carbocycles. The van der Waals surface area contributed by atoms with Gasteiger partial charge < -0.3 is 4.74 Å². The Morgan fingerprint density at radius 2 is 2.12 bits per heavy atom. The molecule has 0 aromatic carbocycles. The highest BCUT2D eigenvalue weighted by molar-refractivity contribution is 5.92. The smallest absolute Gasteiger partial charge is 0.158 e. The second-order valence-electron chi connectivity index (χ2n) is 5.36. The van der Waals surface area contributed by atoms with Gasteiger partial charge in [-0.15, -0.1) is 0 Å². The Balaban J connectivity index is 2.78. The lowest BCUT2D eigenvalue weighted by Crippen LogP contribution is -2.43. The molecule has 0 N–H and O–H groups in total. The van der Waals surface area contributed by atoms with Crippen LogP contribution >= 0.6 is 0 Å². The van der Waals surface area contributed by atoms with Crippen molar-refractivity contribution in [2.45, 2.75) is 46.0 Å². The summed E-state index contributed by atoms with van der Waals surface area (Å²) in [6, 6.07) is 2.28. The van der Waals surface area contributed by atoms with Gasteiger partial charge in [0.2, 0.25) is 0 Å². The molecule has 90 valence electrons. The van der Waals surface area contributed by atoms with Gasteiger partial charge in [-0.05, 0) is 25.7 Å². The average Bonchev–Trinajstić information content (AvgIpc) is 2.25. The fourth-order valence-electron chi connectivity index (χ4n) is 2.63. The maximum Gasteiger partial charge on any atom is 0.158 e. The van der Waals surface area contributed by atoms with E-state index in [0.717, 1.165) is 25.7 Å². The molecule has 1 unspecified atom stereocenters. The fraction of sp³-hybridized carbons (Fsp3) is 0.846. The van der Waals surface area contributed by atoms with Gasteiger partial charge in [0.05, 0.1) is 6.07 Å². The highest BCUT2D eigenvalue weighted by Gasteiger charge is 2.48. The molecular formula is C13H21NO2. The van der Waals surface area contributed by atoms with Gasteiger partial charge in [0.25, 0.3) is 0 Å². The van der Waals surface area contributed by atoms with E-state index in [-0.39, 0.29) is 11.2 Å². The number of nitrogens with zero attached hydrogens (tertiary/aromatic N) is 1. The predicted molar refractivity (Wildman–Crippen MR) is 61.8 cm³/mol. The topological polar surface area (TPSA) is 50.1 Å². The molecule has 3 heteroatoms. The van der Waals surface area contributed by atoms with Crippen molar-refractivity contribution in [3.8, 4) is 6.07 Å². The van der Waals surface area contributed by atoms with Crippen molar-refractivity contribution in [3.05, 3.63) is 0 Å². The number of carbonyl (C=O) groups is 1. The molecule has 0 saturated heterocycles. The molecule has 0 amide bonds. The number of rotatable bonds is 4. The first-order valence-corrected chi connectivity index (χ1v) is 5.94. The minimum atomic E-state index is -0.750. The van der Waals surface area contributed by atoms with Crippen LogP contribution in [0.15, 0.2) is 0 Å². The Hall–Kier alpha value is -0.880. The fourth-order valence-corrected chi connectivity index (χ4v) is 2.63. The first-order valence-electron chi connectivity index (χ1n) is 5.94. The van der Waals surface area contributed by atoms with Crippen molar-refractivity contribution in [3.63, 3.8) is 0 Å². The van der Waals surface area contributed by atoms with Crippen molar-refractivity contribution in [1.29, 1.82) is 5.26 Å². The minimum Gasteiger partial charge on any atom is -0.385 e. The molecule has 0 aromatic heterocycles. The SMILES string of the molecule is COCCCC1(C#N)CCCC(C)(C)C1=O. The summed E-state index contributed by atoms with van der Waals surface area (Å²) in [6.07, 6.45) is 4.01. The third-order valence-electron chi connectivity index (χ3n) is 3.62. The standard InChI is InChI=1S/C13H21NO2/c1-12(2)6-4-7-13(10-14,11(12)15)8-5-9-16-3/h4-9H2,1-3H3. The zero-order valence-corrected chi connectivity index (χ0v) is 10.5. The van der Waals surface area contributed by atoms with Crippen molar-refractivity contribution in [1.82, 2.24) is 0 Å². The van der Waals surface area contributed by atoms with E-state index in [9.17, 15) is 10.1 Å². The van der Waals surface area contributed by atoms with E-state index in [1.54, 1.807) is 7.11 Å². The Morgan fingerprint density at radius 3 is 2.69 bits per heavy atom. The van der Waals surface area contributed by atoms with Crippen molar-refractivity contribution in [2.24, 2.45) is 10.8 Å². The number of Topliss-reactive ketones (excluding diaryl/α,β-unsaturated/α-hetero) is 1. The number of nitriles is 1. The normalized spacial score (nSPS) is 28.8. The van der Waals surface area contributed by atoms with Crippen molar-refractivity contribution >= 4 is 5.78 Å². The summed E-state index contributed by atoms with van der Waals surface area (Å²) >= 11 is 0. The number of carbonyl (C=O) groups excluding carboxylic acids is 1. The van der Waals surface area contributed by atoms with Crippen molar-refractivity contribution in [2.75, 3.05) is 13.7 Å². The van der Waals surface area contributed by atoms with Gasteiger partial charge in [-0.2, -0.15) is 5.26 Å². The Bertz CT molecular complexity index is 304. The molecule has 1 atom stereocenters. The van der Waals surface area contributed by atoms with Crippen LogP contribution in [0.4, 0.5) is 0 Å². The molecule has 1 aliphatic rings. The largest absolute Gasteiger partial charge is 0.385 e. The third kappa shape index (κ3) is 2.44. The van der Waals surface area contributed by atoms with Gasteiger partial charge in [-0.1, -0.05) is 20.3 Å². The summed E-state index contributed by atoms with van der Waals surface area (Å²) in [5.41, 5.74) is -1.08. The molecule has 16 heavy (non-hydrogen) atoms. The number of hydrogen-bond donors (Lipinski definition) is 0. The van der Waals surface area contributed by atoms with Gasteiger partial charge in [-0.3, -0.25) is 4.79 Å². The number of hydrogen-bond acceptors (Lipinski definition) is 3. The van der Waals surface area contributed by atoms with Crippen molar-refractivity contribution < 1.29 is 9.53 Å². The summed E-state index contributed by atoms with van der Waals surface area (Å²) in [5, 5.41) is 9.33. The summed E-state index contributed by atoms with van der Waals surface area (Å²) in [5.74, 6) is 0.129. The lowest BCUT2D eigenvalue weighted by Gasteiger charge is -2.39. The average molecular weight is 223 g/mol. The van der Waals surface area contributed by atoms with Gasteiger partial charge in [0, 0.05) is 19.1 Å². The molecule has 0 aliphatic heterocycles. The maximum absolute atomic E-state index is 12.3. The summed E-state index contributed by atoms with van der Waals surface area (Å²) < 4.78 is 4.99. The van der Waals surface area contributed by atoms with Gasteiger partial charge in [-0.25, -0.2) is 0 Å². The third-order valence-corrected chi connectivity index (χ3v) is 3.62. The molecule has 0 bridgehead atoms. The Kier molecular flexibility index (Phi) is 4.09. The minimum absolute atomic E-state index is 0.129. The van der Waals surface area contributed by atoms with Crippen LogP contribution in [0.3, 0.4) is 0 Å². The first-order chi connectivity index (χ1) is 7.48. The van der Waals surface area contributed by atoms with Crippen LogP contribution in [-0.4, -0.2) is 19.5 Å². The summed E-state index contributed by atoms with van der Waals surface area (Å²) in [6.45, 7) is 4.53. The molecule has 1 fully saturated rings. The number of methoxy groups -OCH3 is 1. The van der Waals surface area contributed by atoms with Crippen LogP contribution in [0.2, 0.25) is 0 Å². The van der Waals surface area contributed by atoms with E-state index in [2.05, 4.69) is 6.07 Å². The van der Waals surface area contributed by atoms with Crippen LogP contribution in [-0.2, 0) is 9.53 Å². The second-order valence-corrected chi connectivity index (χ2v) is 5.36. The van der Waals surface area contributed by atoms with Gasteiger partial charge >= 0.3 is 0 Å². The van der Waals surface area contributed by atoms with Crippen LogP contribution in [0, 0.1) is 22.2 Å². The molecule has 1 saturated carbocycles. The maximum atomic E-state index is 12.3. The lowest BCUT2D eigenvalue weighted by molar-refractivity contribution is -0.138. The van der Waals surface area contributed by atoms with Crippen LogP contribution in [0.5, 0.6) is 0 Å². The summed E-state index contributed by atoms with van der Waals surface area (Å²) in [4.78, 5) is 12.3. The quantitative estimate of drug-likeness (QED) is 0.688. The van der Waals surface area contributed by atoms with Crippen LogP contribution < -0.4 is 0 Å². The van der Waals surface area contributed by atoms with Crippen LogP contribution in [0.25, 0.3) is 0 Å². The molecule has 3 nitrogen and oxygen atoms in total. The predicted octanol–water partition coefficient (Wildman–Crippen LogP) is 2.70. The van der Waals surface area contributed by atoms with E-state index >= 15 is 0 Å². The molecular weight excluding hydrogens is 202 g/mol. The Morgan fingerprint density at radius 1 is 1.44 bits per heavy atom. The molecule has 0 spiro atoms. The Labute approximate surface area is 97.8 Å². The zero-order valence-electron chi connectivity index (χ0n) is 10.5. The lowest BCUT2D eigenvalue weighted by atomic mass is 9.61. The van der Waals surface area contributed by atoms with Crippen LogP contribution in [0.1, 0.15) is 46.0 Å². The van der Waals surface area contributed by atoms with E-state index in [4.69, 9.17) is 4.74 Å². The number of ether oxygens (including phenoxy) is 1. The molecule has 1 rings (SSSR count). The molecule has 0 radical (unpaired) electrons. The monoisotopic (exact) mass is 223 g/mol. The van der Waals surface area contributed by atoms with E-state index < -0.39 is 5.41 Å². The first kappa shape index (κ1) is 13.2. The molecule has 0 aromatic rings.